The average Bonchev–Trinajstić information content (AvgIpc) is 2.80. The van der Waals surface area contributed by atoms with E-state index in [-0.39, 0.29) is 0 Å². The number of nitrogens with one attached hydrogen (secondary N) is 1. The Kier molecular flexibility index (Phi) is 4.38. The van der Waals surface area contributed by atoms with Crippen LogP contribution in [0, 0.1) is 5.92 Å². The molecule has 0 bridgehead atoms. The van der Waals surface area contributed by atoms with E-state index in [1.165, 1.54) is 16.5 Å². The molecule has 2 rings (SSSR count). The lowest BCUT2D eigenvalue weighted by Crippen LogP contribution is -2.24. The second kappa shape index (κ2) is 5.80. The van der Waals surface area contributed by atoms with E-state index >= 15 is 0 Å². The summed E-state index contributed by atoms with van der Waals surface area (Å²) in [5.74, 6) is 1.19. The van der Waals surface area contributed by atoms with Gasteiger partial charge in [-0.15, -0.1) is 0 Å². The molecule has 1 heterocycles. The molecular formula is C13H18BrNO. The van der Waals surface area contributed by atoms with Crippen molar-refractivity contribution in [1.82, 2.24) is 5.32 Å². The normalized spacial score (nSPS) is 22.2. The van der Waals surface area contributed by atoms with Crippen LogP contribution in [-0.4, -0.2) is 26.8 Å². The highest BCUT2D eigenvalue weighted by atomic mass is 79.9. The Balaban J connectivity index is 2.21. The number of hydrogen-bond acceptors (Lipinski definition) is 2. The van der Waals surface area contributed by atoms with E-state index in [0.29, 0.717) is 11.8 Å². The summed E-state index contributed by atoms with van der Waals surface area (Å²) in [5.41, 5.74) is 1.40. The standard InChI is InChI=1S/C13H18BrNO/c1-15-8-12(10-6-7-16-9-10)11-4-2-3-5-13(11)14/h2-5,10,12,15H,6-9H2,1H3. The Labute approximate surface area is 106 Å². The Bertz CT molecular complexity index is 336. The number of likely N-dealkylation sites (N-methyl/N-ethyl adjacent to an activating group) is 1. The lowest BCUT2D eigenvalue weighted by Gasteiger charge is -2.23. The van der Waals surface area contributed by atoms with Crippen molar-refractivity contribution in [3.05, 3.63) is 34.3 Å². The van der Waals surface area contributed by atoms with Crippen LogP contribution in [-0.2, 0) is 4.74 Å². The van der Waals surface area contributed by atoms with Crippen LogP contribution in [0.3, 0.4) is 0 Å². The van der Waals surface area contributed by atoms with Gasteiger partial charge >= 0.3 is 0 Å². The van der Waals surface area contributed by atoms with Gasteiger partial charge in [0.1, 0.15) is 0 Å². The number of hydrogen-bond donors (Lipinski definition) is 1. The smallest absolute Gasteiger partial charge is 0.0501 e. The molecule has 88 valence electrons. The Morgan fingerprint density at radius 1 is 1.50 bits per heavy atom. The first kappa shape index (κ1) is 12.1. The third-order valence-corrected chi connectivity index (χ3v) is 3.98. The highest BCUT2D eigenvalue weighted by molar-refractivity contribution is 9.10. The minimum atomic E-state index is 0.545. The van der Waals surface area contributed by atoms with E-state index in [1.807, 2.05) is 7.05 Å². The van der Waals surface area contributed by atoms with Gasteiger partial charge in [0.05, 0.1) is 6.61 Å². The summed E-state index contributed by atoms with van der Waals surface area (Å²) in [6.07, 6.45) is 1.17. The zero-order valence-electron chi connectivity index (χ0n) is 9.58. The van der Waals surface area contributed by atoms with Crippen molar-refractivity contribution < 1.29 is 4.74 Å². The molecular weight excluding hydrogens is 266 g/mol. The van der Waals surface area contributed by atoms with Crippen molar-refractivity contribution in [2.24, 2.45) is 5.92 Å². The fourth-order valence-corrected chi connectivity index (χ4v) is 2.98. The number of rotatable bonds is 4. The molecule has 0 amide bonds. The maximum absolute atomic E-state index is 5.50. The van der Waals surface area contributed by atoms with Crippen molar-refractivity contribution in [3.8, 4) is 0 Å². The van der Waals surface area contributed by atoms with Gasteiger partial charge in [-0.25, -0.2) is 0 Å². The molecule has 2 unspecified atom stereocenters. The molecule has 1 saturated heterocycles. The zero-order valence-corrected chi connectivity index (χ0v) is 11.2. The fourth-order valence-electron chi connectivity index (χ4n) is 2.40. The van der Waals surface area contributed by atoms with Gasteiger partial charge in [0.25, 0.3) is 0 Å². The van der Waals surface area contributed by atoms with E-state index in [2.05, 4.69) is 45.5 Å². The second-order valence-corrected chi connectivity index (χ2v) is 5.16. The number of ether oxygens (including phenoxy) is 1. The lowest BCUT2D eigenvalue weighted by atomic mass is 9.85. The molecule has 1 fully saturated rings. The molecule has 16 heavy (non-hydrogen) atoms. The Morgan fingerprint density at radius 2 is 2.31 bits per heavy atom. The topological polar surface area (TPSA) is 21.3 Å². The molecule has 2 atom stereocenters. The third kappa shape index (κ3) is 2.65. The van der Waals surface area contributed by atoms with Gasteiger partial charge in [-0.3, -0.25) is 0 Å². The van der Waals surface area contributed by atoms with Crippen LogP contribution in [0.1, 0.15) is 17.9 Å². The molecule has 0 aromatic heterocycles. The fraction of sp³-hybridized carbons (Fsp3) is 0.538. The van der Waals surface area contributed by atoms with Crippen molar-refractivity contribution in [1.29, 1.82) is 0 Å². The molecule has 1 aromatic rings. The summed E-state index contributed by atoms with van der Waals surface area (Å²) in [6, 6.07) is 8.51. The predicted octanol–water partition coefficient (Wildman–Crippen LogP) is 2.79. The van der Waals surface area contributed by atoms with E-state index in [9.17, 15) is 0 Å². The first-order chi connectivity index (χ1) is 7.83. The monoisotopic (exact) mass is 283 g/mol. The van der Waals surface area contributed by atoms with Crippen LogP contribution in [0.4, 0.5) is 0 Å². The maximum atomic E-state index is 5.50. The van der Waals surface area contributed by atoms with Crippen molar-refractivity contribution in [3.63, 3.8) is 0 Å². The Hall–Kier alpha value is -0.380. The van der Waals surface area contributed by atoms with Crippen LogP contribution < -0.4 is 5.32 Å². The van der Waals surface area contributed by atoms with Crippen molar-refractivity contribution in [2.45, 2.75) is 12.3 Å². The average molecular weight is 284 g/mol. The zero-order chi connectivity index (χ0) is 11.4. The highest BCUT2D eigenvalue weighted by Gasteiger charge is 2.27. The molecule has 0 saturated carbocycles. The van der Waals surface area contributed by atoms with Gasteiger partial charge in [-0.05, 0) is 31.0 Å². The van der Waals surface area contributed by atoms with Crippen LogP contribution in [0.2, 0.25) is 0 Å². The highest BCUT2D eigenvalue weighted by Crippen LogP contribution is 2.34. The first-order valence-electron chi connectivity index (χ1n) is 5.79. The number of benzene rings is 1. The van der Waals surface area contributed by atoms with Gasteiger partial charge in [0, 0.05) is 23.5 Å². The molecule has 3 heteroatoms. The summed E-state index contributed by atoms with van der Waals surface area (Å²) < 4.78 is 6.71. The quantitative estimate of drug-likeness (QED) is 0.918. The van der Waals surface area contributed by atoms with E-state index < -0.39 is 0 Å². The molecule has 1 N–H and O–H groups in total. The van der Waals surface area contributed by atoms with E-state index in [1.54, 1.807) is 0 Å². The summed E-state index contributed by atoms with van der Waals surface area (Å²) in [7, 11) is 2.01. The number of halogens is 1. The Morgan fingerprint density at radius 3 is 2.94 bits per heavy atom. The van der Waals surface area contributed by atoms with E-state index in [0.717, 1.165) is 19.8 Å². The van der Waals surface area contributed by atoms with Gasteiger partial charge in [0.2, 0.25) is 0 Å². The van der Waals surface area contributed by atoms with Crippen LogP contribution in [0.25, 0.3) is 0 Å². The molecule has 1 aliphatic heterocycles. The third-order valence-electron chi connectivity index (χ3n) is 3.26. The maximum Gasteiger partial charge on any atom is 0.0501 e. The molecule has 0 spiro atoms. The SMILES string of the molecule is CNCC(c1ccccc1Br)C1CCOC1. The van der Waals surface area contributed by atoms with Gasteiger partial charge in [-0.2, -0.15) is 0 Å². The minimum Gasteiger partial charge on any atom is -0.381 e. The van der Waals surface area contributed by atoms with Gasteiger partial charge in [-0.1, -0.05) is 34.1 Å². The summed E-state index contributed by atoms with van der Waals surface area (Å²) >= 11 is 3.65. The molecule has 0 radical (unpaired) electrons. The van der Waals surface area contributed by atoms with Crippen LogP contribution >= 0.6 is 15.9 Å². The summed E-state index contributed by atoms with van der Waals surface area (Å²) in [5, 5.41) is 3.29. The summed E-state index contributed by atoms with van der Waals surface area (Å²) in [4.78, 5) is 0. The molecule has 1 aromatic carbocycles. The van der Waals surface area contributed by atoms with Crippen molar-refractivity contribution >= 4 is 15.9 Å². The predicted molar refractivity (Wildman–Crippen MR) is 69.7 cm³/mol. The second-order valence-electron chi connectivity index (χ2n) is 4.31. The molecule has 0 aliphatic carbocycles. The van der Waals surface area contributed by atoms with Gasteiger partial charge < -0.3 is 10.1 Å². The first-order valence-corrected chi connectivity index (χ1v) is 6.59. The van der Waals surface area contributed by atoms with Crippen molar-refractivity contribution in [2.75, 3.05) is 26.8 Å². The minimum absolute atomic E-state index is 0.545. The van der Waals surface area contributed by atoms with Crippen LogP contribution in [0.15, 0.2) is 28.7 Å². The van der Waals surface area contributed by atoms with E-state index in [4.69, 9.17) is 4.74 Å². The largest absolute Gasteiger partial charge is 0.381 e. The molecule has 1 aliphatic rings. The van der Waals surface area contributed by atoms with Gasteiger partial charge in [0.15, 0.2) is 0 Å². The molecule has 2 nitrogen and oxygen atoms in total. The summed E-state index contributed by atoms with van der Waals surface area (Å²) in [6.45, 7) is 2.82. The lowest BCUT2D eigenvalue weighted by molar-refractivity contribution is 0.180. The van der Waals surface area contributed by atoms with Crippen LogP contribution in [0.5, 0.6) is 0 Å².